The number of thioether (sulfide) groups is 1. The average Bonchev–Trinajstić information content (AvgIpc) is 2.48. The van der Waals surface area contributed by atoms with Gasteiger partial charge in [-0.3, -0.25) is 0 Å². The predicted molar refractivity (Wildman–Crippen MR) is 52.9 cm³/mol. The van der Waals surface area contributed by atoms with Gasteiger partial charge in [-0.25, -0.2) is 0 Å². The van der Waals surface area contributed by atoms with E-state index in [9.17, 15) is 0 Å². The van der Waals surface area contributed by atoms with E-state index in [1.54, 1.807) is 25.2 Å². The maximum Gasteiger partial charge on any atom is 0.191 e. The van der Waals surface area contributed by atoms with Crippen molar-refractivity contribution < 1.29 is 4.74 Å². The number of nitrogens with zero attached hydrogens (tertiary/aromatic N) is 3. The number of rotatable bonds is 5. The zero-order valence-electron chi connectivity index (χ0n) is 8.23. The topological polar surface area (TPSA) is 39.9 Å². The van der Waals surface area contributed by atoms with E-state index in [1.807, 2.05) is 4.57 Å². The number of ether oxygens (including phenoxy) is 1. The molecule has 13 heavy (non-hydrogen) atoms. The molecule has 4 nitrogen and oxygen atoms in total. The van der Waals surface area contributed by atoms with Gasteiger partial charge in [-0.2, -0.15) is 0 Å². The van der Waals surface area contributed by atoms with Gasteiger partial charge in [0.2, 0.25) is 0 Å². The Hall–Kier alpha value is -0.550. The van der Waals surface area contributed by atoms with Gasteiger partial charge in [0.05, 0.1) is 6.61 Å². The van der Waals surface area contributed by atoms with Crippen LogP contribution in [0, 0.1) is 0 Å². The smallest absolute Gasteiger partial charge is 0.191 e. The first-order valence-corrected chi connectivity index (χ1v) is 5.15. The second kappa shape index (κ2) is 5.24. The first-order chi connectivity index (χ1) is 6.24. The molecule has 0 amide bonds. The van der Waals surface area contributed by atoms with Crippen molar-refractivity contribution in [3.63, 3.8) is 0 Å². The highest BCUT2D eigenvalue weighted by Gasteiger charge is 2.06. The van der Waals surface area contributed by atoms with Crippen LogP contribution in [-0.4, -0.2) is 33.7 Å². The summed E-state index contributed by atoms with van der Waals surface area (Å²) in [5, 5.41) is 9.39. The third kappa shape index (κ3) is 3.36. The molecule has 0 atom stereocenters. The zero-order valence-corrected chi connectivity index (χ0v) is 9.04. The lowest BCUT2D eigenvalue weighted by Crippen LogP contribution is -2.05. The summed E-state index contributed by atoms with van der Waals surface area (Å²) in [6.45, 7) is 5.79. The second-order valence-corrected chi connectivity index (χ2v) is 4.51. The van der Waals surface area contributed by atoms with Crippen LogP contribution in [0.15, 0.2) is 11.5 Å². The Morgan fingerprint density at radius 1 is 1.62 bits per heavy atom. The molecule has 0 unspecified atom stereocenters. The lowest BCUT2D eigenvalue weighted by atomic mass is 10.6. The van der Waals surface area contributed by atoms with Crippen molar-refractivity contribution in [2.45, 2.75) is 30.8 Å². The van der Waals surface area contributed by atoms with Crippen LogP contribution in [0.25, 0.3) is 0 Å². The van der Waals surface area contributed by atoms with Gasteiger partial charge in [0.1, 0.15) is 6.33 Å². The van der Waals surface area contributed by atoms with Gasteiger partial charge in [0.25, 0.3) is 0 Å². The number of hydrogen-bond acceptors (Lipinski definition) is 4. The van der Waals surface area contributed by atoms with E-state index in [1.165, 1.54) is 0 Å². The number of aromatic nitrogens is 3. The van der Waals surface area contributed by atoms with Crippen LogP contribution in [0.5, 0.6) is 0 Å². The monoisotopic (exact) mass is 201 g/mol. The van der Waals surface area contributed by atoms with E-state index < -0.39 is 0 Å². The summed E-state index contributed by atoms with van der Waals surface area (Å²) < 4.78 is 7.00. The van der Waals surface area contributed by atoms with E-state index in [-0.39, 0.29) is 0 Å². The van der Waals surface area contributed by atoms with Crippen LogP contribution < -0.4 is 0 Å². The molecule has 1 aromatic heterocycles. The highest BCUT2D eigenvalue weighted by atomic mass is 32.2. The maximum atomic E-state index is 4.99. The molecule has 0 N–H and O–H groups in total. The van der Waals surface area contributed by atoms with Gasteiger partial charge in [-0.05, 0) is 0 Å². The molecule has 74 valence electrons. The number of methoxy groups -OCH3 is 1. The molecule has 0 aliphatic rings. The second-order valence-electron chi connectivity index (χ2n) is 2.97. The minimum absolute atomic E-state index is 0.533. The summed E-state index contributed by atoms with van der Waals surface area (Å²) in [6, 6.07) is 0. The molecule has 0 radical (unpaired) electrons. The minimum Gasteiger partial charge on any atom is -0.383 e. The Morgan fingerprint density at radius 3 is 3.00 bits per heavy atom. The zero-order chi connectivity index (χ0) is 9.68. The van der Waals surface area contributed by atoms with E-state index in [2.05, 4.69) is 24.0 Å². The fraction of sp³-hybridized carbons (Fsp3) is 0.750. The van der Waals surface area contributed by atoms with Crippen molar-refractivity contribution in [3.05, 3.63) is 6.33 Å². The van der Waals surface area contributed by atoms with Crippen molar-refractivity contribution >= 4 is 11.8 Å². The Morgan fingerprint density at radius 2 is 2.38 bits per heavy atom. The van der Waals surface area contributed by atoms with E-state index in [0.29, 0.717) is 11.9 Å². The molecule has 1 aromatic rings. The van der Waals surface area contributed by atoms with Crippen LogP contribution in [0.3, 0.4) is 0 Å². The molecule has 1 rings (SSSR count). The van der Waals surface area contributed by atoms with E-state index in [4.69, 9.17) is 4.74 Å². The summed E-state index contributed by atoms with van der Waals surface area (Å²) >= 11 is 1.72. The molecule has 0 aliphatic heterocycles. The lowest BCUT2D eigenvalue weighted by molar-refractivity contribution is 0.184. The first kappa shape index (κ1) is 10.5. The highest BCUT2D eigenvalue weighted by molar-refractivity contribution is 7.99. The summed E-state index contributed by atoms with van der Waals surface area (Å²) in [6.07, 6.45) is 1.74. The van der Waals surface area contributed by atoms with Gasteiger partial charge >= 0.3 is 0 Å². The molecule has 0 fully saturated rings. The third-order valence-electron chi connectivity index (χ3n) is 1.46. The van der Waals surface area contributed by atoms with E-state index >= 15 is 0 Å². The maximum absolute atomic E-state index is 4.99. The molecule has 5 heteroatoms. The van der Waals surface area contributed by atoms with Crippen molar-refractivity contribution in [1.29, 1.82) is 0 Å². The van der Waals surface area contributed by atoms with Gasteiger partial charge in [0.15, 0.2) is 5.16 Å². The first-order valence-electron chi connectivity index (χ1n) is 4.27. The molecule has 0 aliphatic carbocycles. The fourth-order valence-electron chi connectivity index (χ4n) is 0.889. The lowest BCUT2D eigenvalue weighted by Gasteiger charge is -2.06. The Kier molecular flexibility index (Phi) is 4.24. The van der Waals surface area contributed by atoms with Crippen LogP contribution in [0.1, 0.15) is 13.8 Å². The molecule has 0 saturated carbocycles. The standard InChI is InChI=1S/C8H15N3OS/c1-7(2)13-8-10-9-6-11(8)4-5-12-3/h6-7H,4-5H2,1-3H3. The van der Waals surface area contributed by atoms with Gasteiger partial charge < -0.3 is 9.30 Å². The van der Waals surface area contributed by atoms with Crippen molar-refractivity contribution in [1.82, 2.24) is 14.8 Å². The summed E-state index contributed by atoms with van der Waals surface area (Å²) in [5.41, 5.74) is 0. The Balaban J connectivity index is 2.55. The molecule has 0 saturated heterocycles. The molecular formula is C8H15N3OS. The molecule has 1 heterocycles. The number of hydrogen-bond donors (Lipinski definition) is 0. The summed E-state index contributed by atoms with van der Waals surface area (Å²) in [5.74, 6) is 0. The van der Waals surface area contributed by atoms with Crippen molar-refractivity contribution in [3.8, 4) is 0 Å². The molecule has 0 bridgehead atoms. The Bertz CT molecular complexity index is 249. The highest BCUT2D eigenvalue weighted by Crippen LogP contribution is 2.19. The summed E-state index contributed by atoms with van der Waals surface area (Å²) in [4.78, 5) is 0. The van der Waals surface area contributed by atoms with Crippen LogP contribution in [0.2, 0.25) is 0 Å². The van der Waals surface area contributed by atoms with Crippen LogP contribution in [0.4, 0.5) is 0 Å². The van der Waals surface area contributed by atoms with Crippen molar-refractivity contribution in [2.24, 2.45) is 0 Å². The predicted octanol–water partition coefficient (Wildman–Crippen LogP) is 1.43. The van der Waals surface area contributed by atoms with Crippen molar-refractivity contribution in [2.75, 3.05) is 13.7 Å². The molecule has 0 aromatic carbocycles. The Labute approximate surface area is 82.7 Å². The van der Waals surface area contributed by atoms with Gasteiger partial charge in [-0.15, -0.1) is 10.2 Å². The average molecular weight is 201 g/mol. The van der Waals surface area contributed by atoms with E-state index in [0.717, 1.165) is 11.7 Å². The van der Waals surface area contributed by atoms with Gasteiger partial charge in [0, 0.05) is 18.9 Å². The third-order valence-corrected chi connectivity index (χ3v) is 2.46. The summed E-state index contributed by atoms with van der Waals surface area (Å²) in [7, 11) is 1.69. The largest absolute Gasteiger partial charge is 0.383 e. The fourth-order valence-corrected chi connectivity index (χ4v) is 1.68. The van der Waals surface area contributed by atoms with Crippen LogP contribution >= 0.6 is 11.8 Å². The van der Waals surface area contributed by atoms with Gasteiger partial charge in [-0.1, -0.05) is 25.6 Å². The quantitative estimate of drug-likeness (QED) is 0.676. The molecular weight excluding hydrogens is 186 g/mol. The minimum atomic E-state index is 0.533. The SMILES string of the molecule is COCCn1cnnc1SC(C)C. The molecule has 0 spiro atoms. The normalized spacial score (nSPS) is 11.1. The van der Waals surface area contributed by atoms with Crippen LogP contribution in [-0.2, 0) is 11.3 Å².